The number of ketones is 1. The first-order valence-electron chi connectivity index (χ1n) is 7.12. The van der Waals surface area contributed by atoms with Gasteiger partial charge >= 0.3 is 0 Å². The van der Waals surface area contributed by atoms with E-state index >= 15 is 0 Å². The fourth-order valence-corrected chi connectivity index (χ4v) is 4.46. The first kappa shape index (κ1) is 14.7. The van der Waals surface area contributed by atoms with Crippen molar-refractivity contribution in [2.75, 3.05) is 19.6 Å². The van der Waals surface area contributed by atoms with Crippen LogP contribution in [0.3, 0.4) is 0 Å². The fourth-order valence-electron chi connectivity index (χ4n) is 3.48. The molecule has 0 bridgehead atoms. The van der Waals surface area contributed by atoms with Crippen molar-refractivity contribution < 1.29 is 4.79 Å². The zero-order valence-electron chi connectivity index (χ0n) is 11.8. The van der Waals surface area contributed by atoms with E-state index in [9.17, 15) is 4.79 Å². The Morgan fingerprint density at radius 2 is 2.06 bits per heavy atom. The van der Waals surface area contributed by atoms with Gasteiger partial charge in [-0.2, -0.15) is 0 Å². The van der Waals surface area contributed by atoms with E-state index in [1.54, 1.807) is 6.92 Å². The zero-order chi connectivity index (χ0) is 13.3. The summed E-state index contributed by atoms with van der Waals surface area (Å²) in [4.78, 5) is 14.3. The van der Waals surface area contributed by atoms with Crippen LogP contribution in [0.15, 0.2) is 0 Å². The number of hydrogen-bond donors (Lipinski definition) is 0. The maximum absolute atomic E-state index is 11.9. The van der Waals surface area contributed by atoms with Crippen LogP contribution in [0, 0.1) is 5.92 Å². The van der Waals surface area contributed by atoms with Crippen molar-refractivity contribution in [1.29, 1.82) is 0 Å². The van der Waals surface area contributed by atoms with E-state index in [1.165, 1.54) is 25.8 Å². The summed E-state index contributed by atoms with van der Waals surface area (Å²) in [6.07, 6.45) is 4.86. The molecule has 2 unspecified atom stereocenters. The summed E-state index contributed by atoms with van der Waals surface area (Å²) in [5.74, 6) is 0.938. The van der Waals surface area contributed by atoms with Gasteiger partial charge in [0.25, 0.3) is 0 Å². The van der Waals surface area contributed by atoms with Crippen molar-refractivity contribution >= 4 is 28.6 Å². The lowest BCUT2D eigenvalue weighted by Crippen LogP contribution is -2.45. The van der Waals surface area contributed by atoms with Crippen molar-refractivity contribution in [3.05, 3.63) is 0 Å². The molecule has 3 nitrogen and oxygen atoms in total. The van der Waals surface area contributed by atoms with E-state index in [2.05, 4.69) is 44.7 Å². The molecule has 0 saturated carbocycles. The number of Topliss-reactive ketones (excluding diaryl/α,β-unsaturated/α-hetero) is 1. The third kappa shape index (κ3) is 2.90. The summed E-state index contributed by atoms with van der Waals surface area (Å²) < 4.78 is 2.50. The molecule has 0 aromatic heterocycles. The van der Waals surface area contributed by atoms with Crippen molar-refractivity contribution in [2.45, 2.75) is 58.0 Å². The number of carbonyl (C=O) groups excluding carboxylic acids is 1. The average Bonchev–Trinajstić information content (AvgIpc) is 2.85. The Balaban J connectivity index is 2.04. The number of nitrogens with zero attached hydrogens (tertiary/aromatic N) is 2. The third-order valence-electron chi connectivity index (χ3n) is 4.48. The number of hydrogen-bond acceptors (Lipinski definition) is 3. The predicted octanol–water partition coefficient (Wildman–Crippen LogP) is 2.88. The summed E-state index contributed by atoms with van der Waals surface area (Å²) in [5, 5.41) is 0. The van der Waals surface area contributed by atoms with Gasteiger partial charge in [0.2, 0.25) is 0 Å². The van der Waals surface area contributed by atoms with E-state index in [1.807, 2.05) is 0 Å². The summed E-state index contributed by atoms with van der Waals surface area (Å²) in [5.41, 5.74) is 0.366. The minimum atomic E-state index is 0.148. The normalized spacial score (nSPS) is 31.6. The highest BCUT2D eigenvalue weighted by Gasteiger charge is 2.47. The molecule has 2 atom stereocenters. The van der Waals surface area contributed by atoms with Gasteiger partial charge in [-0.3, -0.25) is 9.69 Å². The number of halogens is 1. The van der Waals surface area contributed by atoms with E-state index in [-0.39, 0.29) is 6.04 Å². The minimum absolute atomic E-state index is 0.148. The molecular formula is C14H25IN2O. The SMILES string of the molecule is CC(=O)C(CC(C)C)N1CCC2(CCCN2I)C1. The first-order chi connectivity index (χ1) is 8.44. The van der Waals surface area contributed by atoms with Crippen molar-refractivity contribution in [1.82, 2.24) is 8.01 Å². The molecule has 2 fully saturated rings. The average molecular weight is 364 g/mol. The zero-order valence-corrected chi connectivity index (χ0v) is 13.9. The minimum Gasteiger partial charge on any atom is -0.298 e. The lowest BCUT2D eigenvalue weighted by molar-refractivity contribution is -0.122. The lowest BCUT2D eigenvalue weighted by Gasteiger charge is -2.32. The molecule has 104 valence electrons. The Bertz CT molecular complexity index is 321. The van der Waals surface area contributed by atoms with Crippen molar-refractivity contribution in [3.63, 3.8) is 0 Å². The van der Waals surface area contributed by atoms with E-state index < -0.39 is 0 Å². The predicted molar refractivity (Wildman–Crippen MR) is 82.8 cm³/mol. The van der Waals surface area contributed by atoms with Gasteiger partial charge in [-0.05, 0) is 38.5 Å². The Kier molecular flexibility index (Phi) is 4.70. The van der Waals surface area contributed by atoms with Gasteiger partial charge in [0.1, 0.15) is 5.78 Å². The fraction of sp³-hybridized carbons (Fsp3) is 0.929. The third-order valence-corrected chi connectivity index (χ3v) is 5.98. The van der Waals surface area contributed by atoms with Crippen LogP contribution in [-0.2, 0) is 4.79 Å². The monoisotopic (exact) mass is 364 g/mol. The van der Waals surface area contributed by atoms with Crippen LogP contribution in [0.5, 0.6) is 0 Å². The summed E-state index contributed by atoms with van der Waals surface area (Å²) >= 11 is 2.48. The topological polar surface area (TPSA) is 23.6 Å². The highest BCUT2D eigenvalue weighted by Crippen LogP contribution is 2.40. The molecule has 2 heterocycles. The molecule has 4 heteroatoms. The van der Waals surface area contributed by atoms with Crippen LogP contribution < -0.4 is 0 Å². The molecule has 0 aromatic carbocycles. The molecule has 0 aliphatic carbocycles. The number of likely N-dealkylation sites (tertiary alicyclic amines) is 1. The summed E-state index contributed by atoms with van der Waals surface area (Å²) in [7, 11) is 0. The van der Waals surface area contributed by atoms with E-state index in [4.69, 9.17) is 0 Å². The van der Waals surface area contributed by atoms with Crippen LogP contribution in [-0.4, -0.2) is 45.0 Å². The lowest BCUT2D eigenvalue weighted by atomic mass is 9.96. The summed E-state index contributed by atoms with van der Waals surface area (Å²) in [6.45, 7) is 9.57. The first-order valence-corrected chi connectivity index (χ1v) is 8.09. The molecule has 2 aliphatic rings. The van der Waals surface area contributed by atoms with Crippen LogP contribution in [0.2, 0.25) is 0 Å². The van der Waals surface area contributed by atoms with Gasteiger partial charge in [-0.1, -0.05) is 13.8 Å². The molecule has 0 amide bonds. The van der Waals surface area contributed by atoms with Crippen molar-refractivity contribution in [3.8, 4) is 0 Å². The Hall–Kier alpha value is 0.320. The molecule has 0 aromatic rings. The van der Waals surface area contributed by atoms with Crippen LogP contribution in [0.1, 0.15) is 46.5 Å². The Labute approximate surface area is 125 Å². The molecule has 0 N–H and O–H groups in total. The number of rotatable bonds is 4. The van der Waals surface area contributed by atoms with Gasteiger partial charge in [0.15, 0.2) is 0 Å². The summed E-state index contributed by atoms with van der Waals surface area (Å²) in [6, 6.07) is 0.148. The smallest absolute Gasteiger partial charge is 0.146 e. The van der Waals surface area contributed by atoms with Crippen molar-refractivity contribution in [2.24, 2.45) is 5.92 Å². The Morgan fingerprint density at radius 1 is 1.33 bits per heavy atom. The molecule has 2 aliphatic heterocycles. The van der Waals surface area contributed by atoms with E-state index in [0.29, 0.717) is 17.2 Å². The maximum Gasteiger partial charge on any atom is 0.146 e. The van der Waals surface area contributed by atoms with Gasteiger partial charge < -0.3 is 0 Å². The van der Waals surface area contributed by atoms with Crippen LogP contribution in [0.4, 0.5) is 0 Å². The molecule has 18 heavy (non-hydrogen) atoms. The second-order valence-corrected chi connectivity index (χ2v) is 7.55. The van der Waals surface area contributed by atoms with E-state index in [0.717, 1.165) is 19.5 Å². The molecule has 1 spiro atoms. The highest BCUT2D eigenvalue weighted by molar-refractivity contribution is 14.1. The standard InChI is InChI=1S/C14H25IN2O/c1-11(2)9-13(12(3)18)16-8-6-14(10-16)5-4-7-17(14)15/h11,13H,4-10H2,1-3H3. The quantitative estimate of drug-likeness (QED) is 0.566. The molecule has 2 rings (SSSR count). The molecule has 0 radical (unpaired) electrons. The van der Waals surface area contributed by atoms with Crippen LogP contribution in [0.25, 0.3) is 0 Å². The van der Waals surface area contributed by atoms with Gasteiger partial charge in [0.05, 0.1) is 6.04 Å². The maximum atomic E-state index is 11.9. The van der Waals surface area contributed by atoms with Gasteiger partial charge in [-0.25, -0.2) is 3.11 Å². The Morgan fingerprint density at radius 3 is 2.56 bits per heavy atom. The largest absolute Gasteiger partial charge is 0.298 e. The highest BCUT2D eigenvalue weighted by atomic mass is 127. The second-order valence-electron chi connectivity index (χ2n) is 6.39. The van der Waals surface area contributed by atoms with Gasteiger partial charge in [-0.15, -0.1) is 0 Å². The molecule has 2 saturated heterocycles. The number of carbonyl (C=O) groups is 1. The molecular weight excluding hydrogens is 339 g/mol. The second kappa shape index (κ2) is 5.75. The van der Waals surface area contributed by atoms with Gasteiger partial charge in [0, 0.05) is 48.0 Å². The van der Waals surface area contributed by atoms with Crippen LogP contribution >= 0.6 is 22.9 Å².